The predicted molar refractivity (Wildman–Crippen MR) is 73.4 cm³/mol. The zero-order valence-corrected chi connectivity index (χ0v) is 11.2. The minimum atomic E-state index is 0.257. The van der Waals surface area contributed by atoms with Crippen LogP contribution in [0.25, 0.3) is 0 Å². The molecule has 1 N–H and O–H groups in total. The molecule has 0 radical (unpaired) electrons. The maximum atomic E-state index is 3.71. The van der Waals surface area contributed by atoms with Crippen LogP contribution in [-0.2, 0) is 5.41 Å². The zero-order valence-electron chi connectivity index (χ0n) is 11.2. The minimum absolute atomic E-state index is 0.257. The van der Waals surface area contributed by atoms with E-state index >= 15 is 0 Å². The Labute approximate surface area is 105 Å². The highest BCUT2D eigenvalue weighted by Crippen LogP contribution is 2.52. The van der Waals surface area contributed by atoms with Gasteiger partial charge in [-0.2, -0.15) is 0 Å². The molecule has 92 valence electrons. The predicted octanol–water partition coefficient (Wildman–Crippen LogP) is 4.19. The molecule has 2 fully saturated rings. The summed E-state index contributed by atoms with van der Waals surface area (Å²) in [5.74, 6) is 2.04. The molecule has 0 spiro atoms. The van der Waals surface area contributed by atoms with Crippen LogP contribution in [0.4, 0.5) is 5.69 Å². The monoisotopic (exact) mass is 229 g/mol. The third-order valence-corrected chi connectivity index (χ3v) is 4.45. The molecule has 0 aromatic heterocycles. The number of nitrogens with one attached hydrogen (secondary N) is 1. The number of hydrogen-bond acceptors (Lipinski definition) is 1. The molecule has 0 bridgehead atoms. The lowest BCUT2D eigenvalue weighted by molar-refractivity contribution is 0.590. The first-order valence-electron chi connectivity index (χ1n) is 6.91. The van der Waals surface area contributed by atoms with Crippen LogP contribution in [0.1, 0.15) is 45.6 Å². The second-order valence-corrected chi connectivity index (χ2v) is 6.82. The van der Waals surface area contributed by atoms with Gasteiger partial charge in [0.15, 0.2) is 0 Å². The average Bonchev–Trinajstić information content (AvgIpc) is 2.95. The summed E-state index contributed by atoms with van der Waals surface area (Å²) >= 11 is 0. The maximum absolute atomic E-state index is 3.71. The first-order valence-corrected chi connectivity index (χ1v) is 6.91. The van der Waals surface area contributed by atoms with E-state index in [9.17, 15) is 0 Å². The highest BCUT2D eigenvalue weighted by atomic mass is 15.0. The Bertz CT molecular complexity index is 399. The second-order valence-electron chi connectivity index (χ2n) is 6.82. The third-order valence-electron chi connectivity index (χ3n) is 4.45. The van der Waals surface area contributed by atoms with E-state index in [-0.39, 0.29) is 5.41 Å². The van der Waals surface area contributed by atoms with E-state index < -0.39 is 0 Å². The Hall–Kier alpha value is -0.980. The number of rotatable bonds is 2. The molecule has 17 heavy (non-hydrogen) atoms. The normalized spacial score (nSPS) is 31.1. The maximum Gasteiger partial charge on any atom is 0.0342 e. The fourth-order valence-corrected chi connectivity index (χ4v) is 3.16. The van der Waals surface area contributed by atoms with Gasteiger partial charge in [0.1, 0.15) is 0 Å². The van der Waals surface area contributed by atoms with Gasteiger partial charge in [0.2, 0.25) is 0 Å². The molecule has 2 aliphatic carbocycles. The third kappa shape index (κ3) is 2.20. The van der Waals surface area contributed by atoms with E-state index in [1.807, 2.05) is 0 Å². The SMILES string of the molecule is CC(C)(C)c1ccc(NC2CCC3CC32)cc1. The van der Waals surface area contributed by atoms with Crippen molar-refractivity contribution in [2.45, 2.75) is 51.5 Å². The summed E-state index contributed by atoms with van der Waals surface area (Å²) < 4.78 is 0. The quantitative estimate of drug-likeness (QED) is 0.801. The van der Waals surface area contributed by atoms with Crippen LogP contribution < -0.4 is 5.32 Å². The van der Waals surface area contributed by atoms with E-state index in [0.717, 1.165) is 17.9 Å². The fourth-order valence-electron chi connectivity index (χ4n) is 3.16. The van der Waals surface area contributed by atoms with Gasteiger partial charge in [-0.3, -0.25) is 0 Å². The highest BCUT2D eigenvalue weighted by molar-refractivity contribution is 5.47. The van der Waals surface area contributed by atoms with E-state index in [1.165, 1.54) is 30.5 Å². The Balaban J connectivity index is 1.68. The van der Waals surface area contributed by atoms with Gasteiger partial charge >= 0.3 is 0 Å². The lowest BCUT2D eigenvalue weighted by atomic mass is 9.87. The van der Waals surface area contributed by atoms with Crippen LogP contribution in [-0.4, -0.2) is 6.04 Å². The minimum Gasteiger partial charge on any atom is -0.382 e. The van der Waals surface area contributed by atoms with Gasteiger partial charge in [0, 0.05) is 11.7 Å². The second kappa shape index (κ2) is 3.76. The Kier molecular flexibility index (Phi) is 2.46. The van der Waals surface area contributed by atoms with Crippen LogP contribution in [0.2, 0.25) is 0 Å². The Morgan fingerprint density at radius 3 is 2.24 bits per heavy atom. The summed E-state index contributed by atoms with van der Waals surface area (Å²) in [5.41, 5.74) is 2.97. The summed E-state index contributed by atoms with van der Waals surface area (Å²) in [6, 6.07) is 9.77. The molecule has 0 heterocycles. The van der Waals surface area contributed by atoms with Gasteiger partial charge in [-0.05, 0) is 54.2 Å². The zero-order chi connectivity index (χ0) is 12.0. The van der Waals surface area contributed by atoms with Crippen molar-refractivity contribution in [1.29, 1.82) is 0 Å². The summed E-state index contributed by atoms with van der Waals surface area (Å²) in [4.78, 5) is 0. The molecule has 1 heteroatoms. The molecule has 2 saturated carbocycles. The first-order chi connectivity index (χ1) is 8.04. The largest absolute Gasteiger partial charge is 0.382 e. The summed E-state index contributed by atoms with van der Waals surface area (Å²) in [7, 11) is 0. The van der Waals surface area contributed by atoms with Crippen molar-refractivity contribution in [3.05, 3.63) is 29.8 Å². The van der Waals surface area contributed by atoms with Gasteiger partial charge in [0.25, 0.3) is 0 Å². The fraction of sp³-hybridized carbons (Fsp3) is 0.625. The molecule has 0 saturated heterocycles. The van der Waals surface area contributed by atoms with Crippen molar-refractivity contribution < 1.29 is 0 Å². The van der Waals surface area contributed by atoms with E-state index in [0.29, 0.717) is 0 Å². The number of anilines is 1. The van der Waals surface area contributed by atoms with Crippen molar-refractivity contribution in [2.24, 2.45) is 11.8 Å². The van der Waals surface area contributed by atoms with Gasteiger partial charge in [-0.25, -0.2) is 0 Å². The molecule has 3 rings (SSSR count). The smallest absolute Gasteiger partial charge is 0.0342 e. The van der Waals surface area contributed by atoms with Crippen molar-refractivity contribution in [2.75, 3.05) is 5.32 Å². The molecular formula is C16H23N. The first kappa shape index (κ1) is 11.1. The van der Waals surface area contributed by atoms with Gasteiger partial charge in [-0.1, -0.05) is 32.9 Å². The van der Waals surface area contributed by atoms with Crippen LogP contribution in [0.5, 0.6) is 0 Å². The molecule has 1 aromatic carbocycles. The number of benzene rings is 1. The van der Waals surface area contributed by atoms with Crippen LogP contribution in [0.3, 0.4) is 0 Å². The van der Waals surface area contributed by atoms with Crippen molar-refractivity contribution in [1.82, 2.24) is 0 Å². The molecule has 3 atom stereocenters. The van der Waals surface area contributed by atoms with Crippen molar-refractivity contribution in [3.63, 3.8) is 0 Å². The molecular weight excluding hydrogens is 206 g/mol. The lowest BCUT2D eigenvalue weighted by Gasteiger charge is -2.20. The molecule has 2 aliphatic rings. The van der Waals surface area contributed by atoms with Gasteiger partial charge in [-0.15, -0.1) is 0 Å². The molecule has 1 nitrogen and oxygen atoms in total. The molecule has 0 amide bonds. The summed E-state index contributed by atoms with van der Waals surface area (Å²) in [5, 5.41) is 3.71. The Morgan fingerprint density at radius 1 is 1.06 bits per heavy atom. The molecule has 1 aromatic rings. The van der Waals surface area contributed by atoms with Crippen molar-refractivity contribution in [3.8, 4) is 0 Å². The van der Waals surface area contributed by atoms with Crippen LogP contribution in [0, 0.1) is 11.8 Å². The number of fused-ring (bicyclic) bond motifs is 1. The van der Waals surface area contributed by atoms with Crippen molar-refractivity contribution >= 4 is 5.69 Å². The van der Waals surface area contributed by atoms with E-state index in [4.69, 9.17) is 0 Å². The lowest BCUT2D eigenvalue weighted by Crippen LogP contribution is -2.19. The highest BCUT2D eigenvalue weighted by Gasteiger charge is 2.47. The van der Waals surface area contributed by atoms with Gasteiger partial charge < -0.3 is 5.32 Å². The van der Waals surface area contributed by atoms with E-state index in [1.54, 1.807) is 0 Å². The Morgan fingerprint density at radius 2 is 1.76 bits per heavy atom. The van der Waals surface area contributed by atoms with Crippen LogP contribution >= 0.6 is 0 Å². The van der Waals surface area contributed by atoms with Gasteiger partial charge in [0.05, 0.1) is 0 Å². The number of hydrogen-bond donors (Lipinski definition) is 1. The van der Waals surface area contributed by atoms with E-state index in [2.05, 4.69) is 50.4 Å². The summed E-state index contributed by atoms with van der Waals surface area (Å²) in [6.07, 6.45) is 4.29. The molecule has 0 aliphatic heterocycles. The average molecular weight is 229 g/mol. The standard InChI is InChI=1S/C16H23N/c1-16(2,3)12-5-7-13(8-6-12)17-15-9-4-11-10-14(11)15/h5-8,11,14-15,17H,4,9-10H2,1-3H3. The molecule has 3 unspecified atom stereocenters. The summed E-state index contributed by atoms with van der Waals surface area (Å²) in [6.45, 7) is 6.80. The van der Waals surface area contributed by atoms with Crippen LogP contribution in [0.15, 0.2) is 24.3 Å². The topological polar surface area (TPSA) is 12.0 Å².